The van der Waals surface area contributed by atoms with E-state index in [2.05, 4.69) is 0 Å². The maximum absolute atomic E-state index is 12.5. The molecule has 21 heavy (non-hydrogen) atoms. The van der Waals surface area contributed by atoms with Crippen molar-refractivity contribution in [3.8, 4) is 0 Å². The predicted molar refractivity (Wildman–Crippen MR) is 72.5 cm³/mol. The van der Waals surface area contributed by atoms with Gasteiger partial charge in [0.05, 0.1) is 18.6 Å². The predicted octanol–water partition coefficient (Wildman–Crippen LogP) is -0.521. The molecule has 0 spiro atoms. The molecule has 8 heteroatoms. The van der Waals surface area contributed by atoms with E-state index >= 15 is 0 Å². The van der Waals surface area contributed by atoms with Crippen LogP contribution in [0.15, 0.2) is 0 Å². The second kappa shape index (κ2) is 5.88. The molecule has 2 fully saturated rings. The van der Waals surface area contributed by atoms with E-state index in [9.17, 15) is 19.5 Å². The fraction of sp³-hybridized carbons (Fsp3) is 0.769. The Hall–Kier alpha value is -1.83. The van der Waals surface area contributed by atoms with Gasteiger partial charge in [-0.25, -0.2) is 4.79 Å². The number of hydrogen-bond donors (Lipinski definition) is 2. The summed E-state index contributed by atoms with van der Waals surface area (Å²) in [6.07, 6.45) is 0.805. The number of carbonyl (C=O) groups is 3. The van der Waals surface area contributed by atoms with Gasteiger partial charge in [-0.05, 0) is 19.8 Å². The van der Waals surface area contributed by atoms with Crippen molar-refractivity contribution in [2.45, 2.75) is 25.8 Å². The molecule has 0 aromatic heterocycles. The van der Waals surface area contributed by atoms with Crippen LogP contribution in [0.2, 0.25) is 0 Å². The minimum absolute atomic E-state index is 0.113. The van der Waals surface area contributed by atoms with Crippen LogP contribution in [-0.2, 0) is 14.3 Å². The molecule has 1 unspecified atom stereocenters. The van der Waals surface area contributed by atoms with Crippen LogP contribution in [0.4, 0.5) is 4.79 Å². The summed E-state index contributed by atoms with van der Waals surface area (Å²) in [5.41, 5.74) is 4.51. The van der Waals surface area contributed by atoms with Crippen molar-refractivity contribution in [2.24, 2.45) is 11.1 Å². The van der Waals surface area contributed by atoms with Crippen LogP contribution in [0.25, 0.3) is 0 Å². The Morgan fingerprint density at radius 3 is 2.38 bits per heavy atom. The molecule has 118 valence electrons. The molecule has 2 rings (SSSR count). The normalized spacial score (nSPS) is 25.5. The van der Waals surface area contributed by atoms with E-state index in [1.54, 1.807) is 11.8 Å². The molecule has 3 amide bonds. The van der Waals surface area contributed by atoms with Crippen LogP contribution in [0.1, 0.15) is 19.8 Å². The topological polar surface area (TPSA) is 113 Å². The van der Waals surface area contributed by atoms with Crippen LogP contribution in [0, 0.1) is 5.41 Å². The SMILES string of the molecule is CC1(C(=O)O)CCN(C(=O)N2CCOCC2C(N)=O)CC1. The smallest absolute Gasteiger partial charge is 0.320 e. The fourth-order valence-corrected chi connectivity index (χ4v) is 2.66. The number of likely N-dealkylation sites (tertiary alicyclic amines) is 1. The van der Waals surface area contributed by atoms with Crippen LogP contribution in [0.3, 0.4) is 0 Å². The van der Waals surface area contributed by atoms with E-state index in [1.165, 1.54) is 4.90 Å². The average molecular weight is 299 g/mol. The van der Waals surface area contributed by atoms with Crippen LogP contribution >= 0.6 is 0 Å². The summed E-state index contributed by atoms with van der Waals surface area (Å²) in [5, 5.41) is 9.19. The summed E-state index contributed by atoms with van der Waals surface area (Å²) in [4.78, 5) is 38.1. The number of hydrogen-bond acceptors (Lipinski definition) is 4. The Morgan fingerprint density at radius 1 is 1.24 bits per heavy atom. The van der Waals surface area contributed by atoms with Crippen LogP contribution in [-0.4, -0.2) is 71.7 Å². The summed E-state index contributed by atoms with van der Waals surface area (Å²) in [7, 11) is 0. The van der Waals surface area contributed by atoms with Gasteiger partial charge in [0.1, 0.15) is 6.04 Å². The van der Waals surface area contributed by atoms with Gasteiger partial charge in [0, 0.05) is 19.6 Å². The highest BCUT2D eigenvalue weighted by molar-refractivity contribution is 5.86. The molecule has 0 aromatic carbocycles. The number of ether oxygens (including phenoxy) is 1. The van der Waals surface area contributed by atoms with Gasteiger partial charge in [0.25, 0.3) is 0 Å². The van der Waals surface area contributed by atoms with Crippen molar-refractivity contribution < 1.29 is 24.2 Å². The second-order valence-electron chi connectivity index (χ2n) is 5.82. The van der Waals surface area contributed by atoms with E-state index in [-0.39, 0.29) is 12.6 Å². The van der Waals surface area contributed by atoms with Crippen molar-refractivity contribution in [2.75, 3.05) is 32.8 Å². The van der Waals surface area contributed by atoms with Gasteiger partial charge >= 0.3 is 12.0 Å². The Kier molecular flexibility index (Phi) is 4.36. The minimum atomic E-state index is -0.837. The fourth-order valence-electron chi connectivity index (χ4n) is 2.66. The van der Waals surface area contributed by atoms with E-state index in [0.717, 1.165) is 0 Å². The van der Waals surface area contributed by atoms with Gasteiger partial charge in [-0.3, -0.25) is 9.59 Å². The molecule has 1 atom stereocenters. The van der Waals surface area contributed by atoms with Crippen molar-refractivity contribution in [1.29, 1.82) is 0 Å². The third kappa shape index (κ3) is 3.10. The number of piperidine rings is 1. The largest absolute Gasteiger partial charge is 0.481 e. The Labute approximate surface area is 122 Å². The van der Waals surface area contributed by atoms with Gasteiger partial charge in [-0.15, -0.1) is 0 Å². The second-order valence-corrected chi connectivity index (χ2v) is 5.82. The Balaban J connectivity index is 2.01. The first-order valence-corrected chi connectivity index (χ1v) is 7.01. The number of carbonyl (C=O) groups excluding carboxylic acids is 2. The number of nitrogens with zero attached hydrogens (tertiary/aromatic N) is 2. The molecular formula is C13H21N3O5. The van der Waals surface area contributed by atoms with Crippen molar-refractivity contribution in [1.82, 2.24) is 9.80 Å². The number of carboxylic acid groups (broad SMARTS) is 1. The summed E-state index contributed by atoms with van der Waals surface area (Å²) in [5.74, 6) is -1.42. The minimum Gasteiger partial charge on any atom is -0.481 e. The number of nitrogens with two attached hydrogens (primary N) is 1. The Morgan fingerprint density at radius 2 is 1.86 bits per heavy atom. The number of amides is 3. The zero-order valence-electron chi connectivity index (χ0n) is 12.1. The van der Waals surface area contributed by atoms with Gasteiger partial charge in [-0.2, -0.15) is 0 Å². The summed E-state index contributed by atoms with van der Waals surface area (Å²) in [6.45, 7) is 3.23. The molecule has 3 N–H and O–H groups in total. The number of morpholine rings is 1. The zero-order valence-corrected chi connectivity index (χ0v) is 12.1. The quantitative estimate of drug-likeness (QED) is 0.712. The average Bonchev–Trinajstić information content (AvgIpc) is 2.47. The van der Waals surface area contributed by atoms with Gasteiger partial charge in [0.2, 0.25) is 5.91 Å². The standard InChI is InChI=1S/C13H21N3O5/c1-13(11(18)19)2-4-15(5-3-13)12(20)16-6-7-21-8-9(16)10(14)17/h9H,2-8H2,1H3,(H2,14,17)(H,18,19). The highest BCUT2D eigenvalue weighted by Gasteiger charge is 2.40. The van der Waals surface area contributed by atoms with E-state index in [0.29, 0.717) is 39.1 Å². The van der Waals surface area contributed by atoms with Crippen LogP contribution in [0.5, 0.6) is 0 Å². The third-order valence-corrected chi connectivity index (χ3v) is 4.36. The number of rotatable bonds is 2. The third-order valence-electron chi connectivity index (χ3n) is 4.36. The molecule has 2 aliphatic heterocycles. The highest BCUT2D eigenvalue weighted by atomic mass is 16.5. The number of aliphatic carboxylic acids is 1. The molecule has 2 heterocycles. The molecule has 0 aliphatic carbocycles. The van der Waals surface area contributed by atoms with Gasteiger partial charge in [0.15, 0.2) is 0 Å². The molecular weight excluding hydrogens is 278 g/mol. The molecule has 8 nitrogen and oxygen atoms in total. The van der Waals surface area contributed by atoms with Crippen molar-refractivity contribution >= 4 is 17.9 Å². The first kappa shape index (κ1) is 15.6. The summed E-state index contributed by atoms with van der Waals surface area (Å²) in [6, 6.07) is -1.02. The van der Waals surface area contributed by atoms with E-state index < -0.39 is 23.3 Å². The summed E-state index contributed by atoms with van der Waals surface area (Å²) >= 11 is 0. The lowest BCUT2D eigenvalue weighted by molar-refractivity contribution is -0.150. The van der Waals surface area contributed by atoms with Crippen LogP contribution < -0.4 is 5.73 Å². The lowest BCUT2D eigenvalue weighted by Crippen LogP contribution is -2.59. The number of urea groups is 1. The molecule has 0 aromatic rings. The van der Waals surface area contributed by atoms with E-state index in [4.69, 9.17) is 10.5 Å². The lowest BCUT2D eigenvalue weighted by atomic mass is 9.80. The maximum Gasteiger partial charge on any atom is 0.320 e. The maximum atomic E-state index is 12.5. The molecule has 2 saturated heterocycles. The highest BCUT2D eigenvalue weighted by Crippen LogP contribution is 2.31. The van der Waals surface area contributed by atoms with E-state index in [1.807, 2.05) is 0 Å². The molecule has 0 saturated carbocycles. The Bertz CT molecular complexity index is 445. The van der Waals surface area contributed by atoms with Crippen molar-refractivity contribution in [3.63, 3.8) is 0 Å². The first-order chi connectivity index (χ1) is 9.85. The monoisotopic (exact) mass is 299 g/mol. The van der Waals surface area contributed by atoms with Gasteiger partial charge < -0.3 is 25.4 Å². The van der Waals surface area contributed by atoms with Gasteiger partial charge in [-0.1, -0.05) is 0 Å². The molecule has 0 radical (unpaired) electrons. The number of carboxylic acids is 1. The first-order valence-electron chi connectivity index (χ1n) is 7.01. The van der Waals surface area contributed by atoms with Crippen molar-refractivity contribution in [3.05, 3.63) is 0 Å². The molecule has 2 aliphatic rings. The summed E-state index contributed by atoms with van der Waals surface area (Å²) < 4.78 is 5.18. The lowest BCUT2D eigenvalue weighted by Gasteiger charge is -2.41. The number of primary amides is 1. The molecule has 0 bridgehead atoms. The zero-order chi connectivity index (χ0) is 15.6.